The van der Waals surface area contributed by atoms with Gasteiger partial charge in [0.05, 0.1) is 0 Å². The second-order valence-corrected chi connectivity index (χ2v) is 5.49. The van der Waals surface area contributed by atoms with Crippen molar-refractivity contribution >= 4 is 19.7 Å². The molecule has 3 atom stereocenters. The number of hydrogen-bond acceptors (Lipinski definition) is 2. The van der Waals surface area contributed by atoms with Crippen LogP contribution in [0.5, 0.6) is 0 Å². The molecule has 0 saturated heterocycles. The summed E-state index contributed by atoms with van der Waals surface area (Å²) in [5.41, 5.74) is -4.03. The molecule has 0 radical (unpaired) electrons. The van der Waals surface area contributed by atoms with Crippen LogP contribution in [0.3, 0.4) is 0 Å². The third-order valence-corrected chi connectivity index (χ3v) is 2.83. The van der Waals surface area contributed by atoms with Gasteiger partial charge in [0.2, 0.25) is 11.7 Å². The Bertz CT molecular complexity index is 365. The zero-order valence-electron chi connectivity index (χ0n) is 7.36. The van der Waals surface area contributed by atoms with Crippen LogP contribution in [0.15, 0.2) is 0 Å². The zero-order valence-corrected chi connectivity index (χ0v) is 8.93. The van der Waals surface area contributed by atoms with Crippen LogP contribution in [0.4, 0.5) is 35.1 Å². The van der Waals surface area contributed by atoms with Crippen molar-refractivity contribution in [1.82, 2.24) is 0 Å². The van der Waals surface area contributed by atoms with Crippen molar-refractivity contribution < 1.29 is 43.5 Å². The van der Waals surface area contributed by atoms with Gasteiger partial charge >= 0.3 is 12.1 Å². The highest BCUT2D eigenvalue weighted by Gasteiger charge is 2.67. The monoisotopic (exact) mass is 314 g/mol. The first-order valence-corrected chi connectivity index (χ1v) is 5.90. The minimum Gasteiger partial charge on any atom is -0.240 e. The molecule has 0 aromatic rings. The summed E-state index contributed by atoms with van der Waals surface area (Å²) in [6.45, 7) is 0. The molecular formula is C5H3ClF8O2S. The second kappa shape index (κ2) is 4.75. The lowest BCUT2D eigenvalue weighted by molar-refractivity contribution is -0.310. The molecule has 104 valence electrons. The second-order valence-electron chi connectivity index (χ2n) is 2.79. The Morgan fingerprint density at radius 3 is 1.53 bits per heavy atom. The summed E-state index contributed by atoms with van der Waals surface area (Å²) in [6, 6.07) is 0. The Balaban J connectivity index is 5.14. The largest absolute Gasteiger partial charge is 0.456 e. The Labute approximate surface area is 94.0 Å². The van der Waals surface area contributed by atoms with Crippen LogP contribution >= 0.6 is 10.7 Å². The Kier molecular flexibility index (Phi) is 4.66. The van der Waals surface area contributed by atoms with Gasteiger partial charge in [0.25, 0.3) is 9.05 Å². The molecule has 12 heteroatoms. The molecule has 3 unspecified atom stereocenters. The third-order valence-electron chi connectivity index (χ3n) is 1.52. The topological polar surface area (TPSA) is 34.1 Å². The summed E-state index contributed by atoms with van der Waals surface area (Å²) >= 11 is 0. The summed E-state index contributed by atoms with van der Waals surface area (Å²) in [4.78, 5) is 0. The molecule has 17 heavy (non-hydrogen) atoms. The van der Waals surface area contributed by atoms with E-state index in [2.05, 4.69) is 10.7 Å². The minimum absolute atomic E-state index is 4.03. The predicted octanol–water partition coefficient (Wildman–Crippen LogP) is 2.72. The number of alkyl halides is 8. The lowest BCUT2D eigenvalue weighted by Gasteiger charge is -2.25. The van der Waals surface area contributed by atoms with Crippen LogP contribution in [0.25, 0.3) is 0 Å². The van der Waals surface area contributed by atoms with Gasteiger partial charge in [-0.3, -0.25) is 0 Å². The lowest BCUT2D eigenvalue weighted by atomic mass is 10.1. The van der Waals surface area contributed by atoms with Gasteiger partial charge < -0.3 is 0 Å². The van der Waals surface area contributed by atoms with E-state index in [4.69, 9.17) is 0 Å². The highest BCUT2D eigenvalue weighted by molar-refractivity contribution is 8.14. The van der Waals surface area contributed by atoms with E-state index in [0.29, 0.717) is 0 Å². The van der Waals surface area contributed by atoms with Crippen LogP contribution in [-0.4, -0.2) is 38.4 Å². The molecule has 0 spiro atoms. The molecule has 0 bridgehead atoms. The maximum Gasteiger partial charge on any atom is 0.456 e. The van der Waals surface area contributed by atoms with E-state index in [1.54, 1.807) is 0 Å². The first kappa shape index (κ1) is 16.7. The number of halogens is 9. The van der Waals surface area contributed by atoms with Gasteiger partial charge in [-0.1, -0.05) is 0 Å². The highest BCUT2D eigenvalue weighted by atomic mass is 35.7. The summed E-state index contributed by atoms with van der Waals surface area (Å²) in [7, 11) is -1.31. The van der Waals surface area contributed by atoms with E-state index in [-0.39, 0.29) is 0 Å². The lowest BCUT2D eigenvalue weighted by Crippen LogP contribution is -2.51. The molecule has 0 fully saturated rings. The standard InChI is InChI=1S/C5H3ClF8O2S/c6-17(15,16)3(9)1(7)2(8)4(10,11)5(12,13)14/h1-3H. The van der Waals surface area contributed by atoms with Crippen molar-refractivity contribution in [2.75, 3.05) is 0 Å². The van der Waals surface area contributed by atoms with E-state index >= 15 is 0 Å². The predicted molar refractivity (Wildman–Crippen MR) is 40.5 cm³/mol. The molecule has 0 N–H and O–H groups in total. The highest BCUT2D eigenvalue weighted by Crippen LogP contribution is 2.42. The fourth-order valence-corrected chi connectivity index (χ4v) is 1.39. The fraction of sp³-hybridized carbons (Fsp3) is 1.00. The Morgan fingerprint density at radius 2 is 1.29 bits per heavy atom. The van der Waals surface area contributed by atoms with E-state index in [9.17, 15) is 43.5 Å². The van der Waals surface area contributed by atoms with Crippen LogP contribution < -0.4 is 0 Å². The zero-order chi connectivity index (χ0) is 14.2. The van der Waals surface area contributed by atoms with Crippen LogP contribution in [0.1, 0.15) is 0 Å². The molecule has 0 saturated carbocycles. The van der Waals surface area contributed by atoms with Gasteiger partial charge in [-0.15, -0.1) is 0 Å². The van der Waals surface area contributed by atoms with Gasteiger partial charge in [0, 0.05) is 10.7 Å². The van der Waals surface area contributed by atoms with Crippen LogP contribution in [-0.2, 0) is 9.05 Å². The molecule has 0 aromatic carbocycles. The molecule has 0 aromatic heterocycles. The van der Waals surface area contributed by atoms with Gasteiger partial charge in [-0.2, -0.15) is 22.0 Å². The quantitative estimate of drug-likeness (QED) is 0.590. The van der Waals surface area contributed by atoms with Gasteiger partial charge in [-0.25, -0.2) is 21.6 Å². The molecule has 0 rings (SSSR count). The smallest absolute Gasteiger partial charge is 0.240 e. The first-order valence-electron chi connectivity index (χ1n) is 3.53. The van der Waals surface area contributed by atoms with E-state index < -0.39 is 39.0 Å². The molecule has 0 heterocycles. The van der Waals surface area contributed by atoms with Gasteiger partial charge in [0.1, 0.15) is 0 Å². The fourth-order valence-electron chi connectivity index (χ4n) is 0.644. The maximum absolute atomic E-state index is 12.5. The summed E-state index contributed by atoms with van der Waals surface area (Å²) < 4.78 is 117. The van der Waals surface area contributed by atoms with Crippen LogP contribution in [0.2, 0.25) is 0 Å². The maximum atomic E-state index is 12.5. The molecule has 0 aliphatic rings. The average molecular weight is 315 g/mol. The van der Waals surface area contributed by atoms with Crippen molar-refractivity contribution in [1.29, 1.82) is 0 Å². The van der Waals surface area contributed by atoms with E-state index in [1.165, 1.54) is 0 Å². The van der Waals surface area contributed by atoms with Gasteiger partial charge in [-0.05, 0) is 0 Å². The number of rotatable bonds is 4. The normalized spacial score (nSPS) is 19.8. The Hall–Kier alpha value is -0.320. The van der Waals surface area contributed by atoms with E-state index in [1.807, 2.05) is 0 Å². The minimum atomic E-state index is -6.49. The summed E-state index contributed by atoms with van der Waals surface area (Å²) in [5.74, 6) is -6.24. The molecular weight excluding hydrogens is 312 g/mol. The summed E-state index contributed by atoms with van der Waals surface area (Å²) in [6.07, 6.45) is -15.5. The van der Waals surface area contributed by atoms with E-state index in [0.717, 1.165) is 0 Å². The first-order chi connectivity index (χ1) is 7.23. The molecule has 0 amide bonds. The number of hydrogen-bond donors (Lipinski definition) is 0. The Morgan fingerprint density at radius 1 is 0.941 bits per heavy atom. The van der Waals surface area contributed by atoms with Crippen molar-refractivity contribution in [3.8, 4) is 0 Å². The SMILES string of the molecule is O=S(=O)(Cl)C(F)C(F)C(F)C(F)(F)C(F)(F)F. The van der Waals surface area contributed by atoms with Crippen molar-refractivity contribution in [3.05, 3.63) is 0 Å². The van der Waals surface area contributed by atoms with Crippen molar-refractivity contribution in [3.63, 3.8) is 0 Å². The van der Waals surface area contributed by atoms with Gasteiger partial charge in [0.15, 0.2) is 6.17 Å². The molecule has 2 nitrogen and oxygen atoms in total. The third kappa shape index (κ3) is 3.57. The molecule has 0 aliphatic heterocycles. The summed E-state index contributed by atoms with van der Waals surface area (Å²) in [5, 5.41) is 0. The van der Waals surface area contributed by atoms with Crippen molar-refractivity contribution in [2.45, 2.75) is 29.9 Å². The molecule has 0 aliphatic carbocycles. The van der Waals surface area contributed by atoms with Crippen molar-refractivity contribution in [2.24, 2.45) is 0 Å². The van der Waals surface area contributed by atoms with Crippen LogP contribution in [0, 0.1) is 0 Å². The average Bonchev–Trinajstić information content (AvgIpc) is 2.10.